The van der Waals surface area contributed by atoms with Crippen molar-refractivity contribution in [2.24, 2.45) is 0 Å². The van der Waals surface area contributed by atoms with E-state index < -0.39 is 0 Å². The number of ether oxygens (including phenoxy) is 4. The Hall–Kier alpha value is -3.33. The molecule has 2 aliphatic heterocycles. The third-order valence-electron chi connectivity index (χ3n) is 8.06. The maximum Gasteiger partial charge on any atom is 0.142 e. The summed E-state index contributed by atoms with van der Waals surface area (Å²) >= 11 is 0. The van der Waals surface area contributed by atoms with Gasteiger partial charge in [0.25, 0.3) is 0 Å². The fraction of sp³-hybridized carbons (Fsp3) is 0.485. The summed E-state index contributed by atoms with van der Waals surface area (Å²) < 4.78 is 23.3. The number of aromatic nitrogens is 1. The number of piperidine rings is 1. The van der Waals surface area contributed by atoms with Gasteiger partial charge < -0.3 is 34.5 Å². The van der Waals surface area contributed by atoms with Gasteiger partial charge in [-0.1, -0.05) is 24.3 Å². The summed E-state index contributed by atoms with van der Waals surface area (Å²) in [5.74, 6) is 3.01. The maximum atomic E-state index is 6.67. The van der Waals surface area contributed by atoms with E-state index in [9.17, 15) is 0 Å². The predicted octanol–water partition coefficient (Wildman–Crippen LogP) is 5.25. The standard InChI is InChI=1S/C33H44N4O4/c1-24(36-33-7-4-5-14-34-33)19-27-21-29(26-9-11-28(39-3)12-10-26)32(22-35-27)41-23-25-8-13-31-30(20-25)37(16-18-40-31)15-6-17-38-2/h4-5,7-14,20,24,27,29,32,35H,6,15-19,21-23H2,1-3H3,(H,34,36)/t24?,27-,29?,32-/m0/s1. The zero-order chi connectivity index (χ0) is 28.4. The van der Waals surface area contributed by atoms with E-state index in [1.54, 1.807) is 14.2 Å². The molecule has 0 amide bonds. The van der Waals surface area contributed by atoms with Crippen molar-refractivity contribution in [3.63, 3.8) is 0 Å². The van der Waals surface area contributed by atoms with E-state index in [1.807, 2.05) is 24.4 Å². The van der Waals surface area contributed by atoms with E-state index in [-0.39, 0.29) is 12.0 Å². The third kappa shape index (κ3) is 7.91. The molecule has 4 atom stereocenters. The van der Waals surface area contributed by atoms with Crippen LogP contribution in [0.2, 0.25) is 0 Å². The van der Waals surface area contributed by atoms with Crippen LogP contribution in [0.15, 0.2) is 66.9 Å². The zero-order valence-electron chi connectivity index (χ0n) is 24.6. The number of benzene rings is 2. The molecule has 2 aliphatic rings. The molecule has 0 saturated carbocycles. The number of pyridine rings is 1. The molecule has 8 heteroatoms. The number of hydrogen-bond acceptors (Lipinski definition) is 8. The highest BCUT2D eigenvalue weighted by Gasteiger charge is 2.33. The molecule has 0 bridgehead atoms. The van der Waals surface area contributed by atoms with E-state index in [4.69, 9.17) is 18.9 Å². The molecule has 5 rings (SSSR count). The summed E-state index contributed by atoms with van der Waals surface area (Å²) in [4.78, 5) is 6.82. The highest BCUT2D eigenvalue weighted by Crippen LogP contribution is 2.35. The van der Waals surface area contributed by atoms with Crippen LogP contribution >= 0.6 is 0 Å². The van der Waals surface area contributed by atoms with Gasteiger partial charge in [0.2, 0.25) is 0 Å². The Morgan fingerprint density at radius 1 is 1.12 bits per heavy atom. The van der Waals surface area contributed by atoms with Gasteiger partial charge in [-0.25, -0.2) is 4.98 Å². The second-order valence-corrected chi connectivity index (χ2v) is 11.0. The Bertz CT molecular complexity index is 1210. The van der Waals surface area contributed by atoms with Crippen LogP contribution < -0.4 is 25.0 Å². The molecule has 2 aromatic carbocycles. The molecule has 0 radical (unpaired) electrons. The highest BCUT2D eigenvalue weighted by atomic mass is 16.5. The van der Waals surface area contributed by atoms with Crippen LogP contribution in [0.25, 0.3) is 0 Å². The monoisotopic (exact) mass is 560 g/mol. The van der Waals surface area contributed by atoms with E-state index in [0.717, 1.165) is 74.1 Å². The molecule has 2 unspecified atom stereocenters. The van der Waals surface area contributed by atoms with Crippen LogP contribution in [0.4, 0.5) is 11.5 Å². The van der Waals surface area contributed by atoms with E-state index >= 15 is 0 Å². The largest absolute Gasteiger partial charge is 0.497 e. The van der Waals surface area contributed by atoms with Gasteiger partial charge in [-0.15, -0.1) is 0 Å². The molecule has 1 fully saturated rings. The minimum Gasteiger partial charge on any atom is -0.497 e. The van der Waals surface area contributed by atoms with Crippen LogP contribution in [0, 0.1) is 0 Å². The lowest BCUT2D eigenvalue weighted by Gasteiger charge is -2.38. The number of nitrogens with zero attached hydrogens (tertiary/aromatic N) is 2. The molecule has 3 heterocycles. The summed E-state index contributed by atoms with van der Waals surface area (Å²) in [6.45, 7) is 6.90. The van der Waals surface area contributed by atoms with Gasteiger partial charge in [0.1, 0.15) is 23.9 Å². The second kappa shape index (κ2) is 14.5. The Morgan fingerprint density at radius 3 is 2.78 bits per heavy atom. The second-order valence-electron chi connectivity index (χ2n) is 11.0. The normalized spacial score (nSPS) is 21.0. The Balaban J connectivity index is 1.25. The molecular weight excluding hydrogens is 516 g/mol. The van der Waals surface area contributed by atoms with Crippen molar-refractivity contribution in [1.29, 1.82) is 0 Å². The lowest BCUT2D eigenvalue weighted by atomic mass is 9.82. The van der Waals surface area contributed by atoms with Gasteiger partial charge in [0.05, 0.1) is 32.1 Å². The Morgan fingerprint density at radius 2 is 2.00 bits per heavy atom. The molecule has 41 heavy (non-hydrogen) atoms. The Kier molecular flexibility index (Phi) is 10.3. The zero-order valence-corrected chi connectivity index (χ0v) is 24.6. The smallest absolute Gasteiger partial charge is 0.142 e. The molecular formula is C33H44N4O4. The third-order valence-corrected chi connectivity index (χ3v) is 8.06. The van der Waals surface area contributed by atoms with E-state index in [0.29, 0.717) is 25.3 Å². The van der Waals surface area contributed by atoms with E-state index in [2.05, 4.69) is 69.9 Å². The quantitative estimate of drug-likeness (QED) is 0.275. The molecule has 0 spiro atoms. The van der Waals surface area contributed by atoms with Crippen LogP contribution in [-0.4, -0.2) is 70.2 Å². The van der Waals surface area contributed by atoms with E-state index in [1.165, 1.54) is 5.56 Å². The summed E-state index contributed by atoms with van der Waals surface area (Å²) in [6.07, 6.45) is 4.87. The minimum absolute atomic E-state index is 0.0591. The topological polar surface area (TPSA) is 77.1 Å². The minimum atomic E-state index is 0.0591. The van der Waals surface area contributed by atoms with Crippen molar-refractivity contribution < 1.29 is 18.9 Å². The predicted molar refractivity (Wildman–Crippen MR) is 163 cm³/mol. The lowest BCUT2D eigenvalue weighted by molar-refractivity contribution is 0.00202. The van der Waals surface area contributed by atoms with Gasteiger partial charge in [-0.05, 0) is 73.7 Å². The van der Waals surface area contributed by atoms with Gasteiger partial charge in [0, 0.05) is 51.0 Å². The molecule has 220 valence electrons. The maximum absolute atomic E-state index is 6.67. The van der Waals surface area contributed by atoms with Crippen LogP contribution in [0.3, 0.4) is 0 Å². The molecule has 1 saturated heterocycles. The SMILES string of the molecule is COCCCN1CCOc2ccc(CO[C@H]3CN[C@@H](CC(C)Nc4ccccn4)CC3c3ccc(OC)cc3)cc21. The van der Waals surface area contributed by atoms with Crippen molar-refractivity contribution in [3.05, 3.63) is 78.0 Å². The van der Waals surface area contributed by atoms with Gasteiger partial charge in [-0.3, -0.25) is 0 Å². The number of hydrogen-bond donors (Lipinski definition) is 2. The summed E-state index contributed by atoms with van der Waals surface area (Å²) in [5.41, 5.74) is 3.60. The van der Waals surface area contributed by atoms with Crippen molar-refractivity contribution in [3.8, 4) is 11.5 Å². The summed E-state index contributed by atoms with van der Waals surface area (Å²) in [7, 11) is 3.46. The first-order valence-corrected chi connectivity index (χ1v) is 14.8. The average Bonchev–Trinajstić information content (AvgIpc) is 3.01. The van der Waals surface area contributed by atoms with Gasteiger partial charge >= 0.3 is 0 Å². The van der Waals surface area contributed by atoms with Crippen LogP contribution in [0.5, 0.6) is 11.5 Å². The number of anilines is 2. The van der Waals surface area contributed by atoms with Crippen LogP contribution in [-0.2, 0) is 16.1 Å². The highest BCUT2D eigenvalue weighted by molar-refractivity contribution is 5.61. The molecule has 0 aliphatic carbocycles. The fourth-order valence-electron chi connectivity index (χ4n) is 5.95. The molecule has 1 aromatic heterocycles. The lowest BCUT2D eigenvalue weighted by Crippen LogP contribution is -2.48. The van der Waals surface area contributed by atoms with Gasteiger partial charge in [-0.2, -0.15) is 0 Å². The first-order chi connectivity index (χ1) is 20.1. The molecule has 8 nitrogen and oxygen atoms in total. The molecule has 3 aromatic rings. The number of methoxy groups -OCH3 is 2. The first kappa shape index (κ1) is 29.2. The first-order valence-electron chi connectivity index (χ1n) is 14.8. The number of nitrogens with one attached hydrogen (secondary N) is 2. The van der Waals surface area contributed by atoms with Gasteiger partial charge in [0.15, 0.2) is 0 Å². The summed E-state index contributed by atoms with van der Waals surface area (Å²) in [6, 6.07) is 21.5. The van der Waals surface area contributed by atoms with Crippen LogP contribution in [0.1, 0.15) is 43.2 Å². The van der Waals surface area contributed by atoms with Crippen molar-refractivity contribution in [2.75, 3.05) is 57.3 Å². The summed E-state index contributed by atoms with van der Waals surface area (Å²) in [5, 5.41) is 7.32. The molecule has 2 N–H and O–H groups in total. The average molecular weight is 561 g/mol. The Labute approximate surface area is 244 Å². The number of fused-ring (bicyclic) bond motifs is 1. The number of rotatable bonds is 13. The van der Waals surface area contributed by atoms with Crippen molar-refractivity contribution in [2.45, 2.75) is 56.9 Å². The van der Waals surface area contributed by atoms with Crippen molar-refractivity contribution >= 4 is 11.5 Å². The fourth-order valence-corrected chi connectivity index (χ4v) is 5.95. The van der Waals surface area contributed by atoms with Crippen molar-refractivity contribution in [1.82, 2.24) is 10.3 Å².